The number of ether oxygens (including phenoxy) is 1. The Kier molecular flexibility index (Phi) is 6.61. The van der Waals surface area contributed by atoms with Gasteiger partial charge >= 0.3 is 35.8 Å². The van der Waals surface area contributed by atoms with E-state index in [0.717, 1.165) is 13.2 Å². The third-order valence-corrected chi connectivity index (χ3v) is 4.77. The molecule has 0 fully saturated rings. The third kappa shape index (κ3) is 3.67. The van der Waals surface area contributed by atoms with Gasteiger partial charge in [-0.15, -0.1) is 0 Å². The smallest absolute Gasteiger partial charge is 0.460 e. The summed E-state index contributed by atoms with van der Waals surface area (Å²) < 4.78 is 174. The number of rotatable bonds is 6. The molecule has 0 spiro atoms. The quantitative estimate of drug-likeness (QED) is 0.317. The van der Waals surface area contributed by atoms with Gasteiger partial charge in [0.15, 0.2) is 0 Å². The highest BCUT2D eigenvalue weighted by Crippen LogP contribution is 2.62. The summed E-state index contributed by atoms with van der Waals surface area (Å²) in [6, 6.07) is 0.864. The van der Waals surface area contributed by atoms with Crippen LogP contribution in [0.1, 0.15) is 5.56 Å². The van der Waals surface area contributed by atoms with Crippen molar-refractivity contribution in [1.29, 1.82) is 0 Å². The van der Waals surface area contributed by atoms with Crippen LogP contribution in [-0.2, 0) is 5.92 Å². The van der Waals surface area contributed by atoms with E-state index in [-0.39, 0.29) is 6.07 Å². The maximum Gasteiger partial charge on any atom is 0.460 e. The van der Waals surface area contributed by atoms with Gasteiger partial charge in [0.05, 0.1) is 11.6 Å². The van der Waals surface area contributed by atoms with Crippen molar-refractivity contribution in [2.45, 2.75) is 35.8 Å². The average molecular weight is 584 g/mol. The van der Waals surface area contributed by atoms with Crippen molar-refractivity contribution in [2.24, 2.45) is 0 Å². The molecule has 0 aliphatic heterocycles. The summed E-state index contributed by atoms with van der Waals surface area (Å²) in [5, 5.41) is 0. The van der Waals surface area contributed by atoms with Gasteiger partial charge < -0.3 is 4.74 Å². The van der Waals surface area contributed by atoms with Crippen molar-refractivity contribution in [1.82, 2.24) is 0 Å². The molecule has 1 nitrogen and oxygen atoms in total. The summed E-state index contributed by atoms with van der Waals surface area (Å²) in [6.07, 6.45) is -7.45. The Hall–Kier alpha value is -0.930. The molecule has 16 heteroatoms. The van der Waals surface area contributed by atoms with E-state index in [1.165, 1.54) is 0 Å². The molecule has 0 saturated heterocycles. The Labute approximate surface area is 169 Å². The Morgan fingerprint density at radius 2 is 1.07 bits per heavy atom. The van der Waals surface area contributed by atoms with E-state index in [0.29, 0.717) is 0 Å². The lowest BCUT2D eigenvalue weighted by Gasteiger charge is -2.40. The fraction of sp³-hybridized carbons (Fsp3) is 0.538. The molecular weight excluding hydrogens is 579 g/mol. The second-order valence-corrected chi connectivity index (χ2v) is 7.05. The number of hydrogen-bond acceptors (Lipinski definition) is 1. The molecule has 0 unspecified atom stereocenters. The highest BCUT2D eigenvalue weighted by atomic mass is 79.9. The third-order valence-electron chi connectivity index (χ3n) is 3.50. The summed E-state index contributed by atoms with van der Waals surface area (Å²) in [7, 11) is 0.805. The van der Waals surface area contributed by atoms with Crippen molar-refractivity contribution in [3.05, 3.63) is 26.6 Å². The maximum absolute atomic E-state index is 14.2. The van der Waals surface area contributed by atoms with Crippen LogP contribution in [0, 0.1) is 0 Å². The summed E-state index contributed by atoms with van der Waals surface area (Å²) >= 11 is 4.78. The number of alkyl halides is 13. The lowest BCUT2D eigenvalue weighted by Crippen LogP contribution is -2.69. The summed E-state index contributed by atoms with van der Waals surface area (Å²) in [5.74, 6) is -38.1. The largest absolute Gasteiger partial charge is 0.496 e. The van der Waals surface area contributed by atoms with Gasteiger partial charge in [-0.2, -0.15) is 57.1 Å². The average Bonchev–Trinajstić information content (AvgIpc) is 2.54. The molecule has 0 aromatic heterocycles. The van der Waals surface area contributed by atoms with Crippen molar-refractivity contribution in [3.63, 3.8) is 0 Å². The number of halogens is 15. The van der Waals surface area contributed by atoms with E-state index in [1.807, 2.05) is 0 Å². The lowest BCUT2D eigenvalue weighted by molar-refractivity contribution is -0.441. The highest BCUT2D eigenvalue weighted by Gasteiger charge is 2.91. The molecule has 0 aliphatic rings. The fourth-order valence-electron chi connectivity index (χ4n) is 1.88. The predicted molar refractivity (Wildman–Crippen MR) is 78.1 cm³/mol. The van der Waals surface area contributed by atoms with E-state index >= 15 is 0 Å². The first kappa shape index (κ1) is 26.1. The zero-order valence-electron chi connectivity index (χ0n) is 13.2. The van der Waals surface area contributed by atoms with Crippen LogP contribution in [0.15, 0.2) is 21.1 Å². The second kappa shape index (κ2) is 7.34. The SMILES string of the molecule is COc1cc(Br)cc(C(F)(F)C(F)(F)C(F)(F)C(F)(F)C(F)(F)C(F)(F)F)c1Br. The van der Waals surface area contributed by atoms with Gasteiger partial charge in [0.1, 0.15) is 5.75 Å². The van der Waals surface area contributed by atoms with Crippen LogP contribution in [0.2, 0.25) is 0 Å². The minimum Gasteiger partial charge on any atom is -0.496 e. The van der Waals surface area contributed by atoms with Gasteiger partial charge in [0.2, 0.25) is 0 Å². The van der Waals surface area contributed by atoms with Crippen molar-refractivity contribution in [2.75, 3.05) is 7.11 Å². The van der Waals surface area contributed by atoms with Gasteiger partial charge in [-0.3, -0.25) is 0 Å². The van der Waals surface area contributed by atoms with Crippen LogP contribution in [0.25, 0.3) is 0 Å². The molecule has 1 rings (SSSR count). The van der Waals surface area contributed by atoms with Crippen LogP contribution < -0.4 is 4.74 Å². The molecule has 1 aromatic carbocycles. The van der Waals surface area contributed by atoms with Crippen LogP contribution >= 0.6 is 31.9 Å². The fourth-order valence-corrected chi connectivity index (χ4v) is 2.96. The standard InChI is InChI=1S/C13H5Br2F13O/c1-29-6-3-4(14)2-5(7(6)15)8(16,17)9(18,19)10(20,21)11(22,23)12(24,25)13(26,27)28/h2-3H,1H3. The molecule has 168 valence electrons. The van der Waals surface area contributed by atoms with E-state index < -0.39 is 56.0 Å². The molecule has 0 atom stereocenters. The van der Waals surface area contributed by atoms with Crippen LogP contribution in [-0.4, -0.2) is 37.0 Å². The number of methoxy groups -OCH3 is 1. The number of hydrogen-bond donors (Lipinski definition) is 0. The first-order valence-electron chi connectivity index (χ1n) is 6.60. The normalized spacial score (nSPS) is 14.9. The predicted octanol–water partition coefficient (Wildman–Crippen LogP) is 7.42. The van der Waals surface area contributed by atoms with Gasteiger partial charge in [-0.05, 0) is 28.1 Å². The first-order valence-corrected chi connectivity index (χ1v) is 8.19. The molecule has 0 amide bonds. The summed E-state index contributed by atoms with van der Waals surface area (Å²) in [6.45, 7) is 0. The maximum atomic E-state index is 14.2. The van der Waals surface area contributed by atoms with Gasteiger partial charge in [0.25, 0.3) is 0 Å². The Morgan fingerprint density at radius 3 is 1.45 bits per heavy atom. The van der Waals surface area contributed by atoms with Gasteiger partial charge in [0, 0.05) is 10.0 Å². The van der Waals surface area contributed by atoms with E-state index in [4.69, 9.17) is 0 Å². The molecule has 0 aliphatic carbocycles. The van der Waals surface area contributed by atoms with Gasteiger partial charge in [-0.1, -0.05) is 15.9 Å². The van der Waals surface area contributed by atoms with Crippen LogP contribution in [0.4, 0.5) is 57.1 Å². The Balaban J connectivity index is 3.74. The molecule has 0 heterocycles. The topological polar surface area (TPSA) is 9.23 Å². The Morgan fingerprint density at radius 1 is 0.655 bits per heavy atom. The van der Waals surface area contributed by atoms with E-state index in [1.54, 1.807) is 0 Å². The zero-order valence-corrected chi connectivity index (χ0v) is 16.4. The van der Waals surface area contributed by atoms with Crippen molar-refractivity contribution in [3.8, 4) is 5.75 Å². The summed E-state index contributed by atoms with van der Waals surface area (Å²) in [4.78, 5) is 0. The van der Waals surface area contributed by atoms with Crippen LogP contribution in [0.3, 0.4) is 0 Å². The van der Waals surface area contributed by atoms with Gasteiger partial charge in [-0.25, -0.2) is 0 Å². The van der Waals surface area contributed by atoms with Crippen molar-refractivity contribution >= 4 is 31.9 Å². The monoisotopic (exact) mass is 582 g/mol. The molecule has 29 heavy (non-hydrogen) atoms. The van der Waals surface area contributed by atoms with Crippen LogP contribution in [0.5, 0.6) is 5.75 Å². The molecule has 0 saturated carbocycles. The Bertz CT molecular complexity index is 773. The van der Waals surface area contributed by atoms with E-state index in [9.17, 15) is 57.1 Å². The van der Waals surface area contributed by atoms with Crippen molar-refractivity contribution < 1.29 is 61.8 Å². The summed E-state index contributed by atoms with van der Waals surface area (Å²) in [5.41, 5.74) is -2.15. The first-order chi connectivity index (χ1) is 12.6. The lowest BCUT2D eigenvalue weighted by atomic mass is 9.90. The second-order valence-electron chi connectivity index (χ2n) is 5.34. The highest BCUT2D eigenvalue weighted by molar-refractivity contribution is 9.11. The molecule has 0 radical (unpaired) electrons. The molecule has 0 N–H and O–H groups in total. The molecule has 1 aromatic rings. The molecular formula is C13H5Br2F13O. The number of benzene rings is 1. The van der Waals surface area contributed by atoms with E-state index in [2.05, 4.69) is 36.6 Å². The minimum absolute atomic E-state index is 0.0244. The zero-order chi connectivity index (χ0) is 23.4. The molecule has 0 bridgehead atoms. The minimum atomic E-state index is -7.95.